The van der Waals surface area contributed by atoms with Crippen LogP contribution < -0.4 is 24.8 Å². The molecule has 0 saturated heterocycles. The van der Waals surface area contributed by atoms with E-state index in [1.165, 1.54) is 185 Å². The van der Waals surface area contributed by atoms with Gasteiger partial charge in [-0.05, 0) is 196 Å². The van der Waals surface area contributed by atoms with E-state index in [-0.39, 0.29) is 30.2 Å². The standard InChI is InChI=1S/2C32H37.C4H10Si.2ClH.Zr/c2*1-2-5-24(6-3-1)25-9-11-26(12-10-25)30-8-4-7-27-14-23(20-32(27)30)19-31-28-15-21-13-22(17-28)18-29(31)16-21;1-3-4-5-2;;;/h2*4,7-12,14,20-22,24,28-29,31H,1-3,5-6,13,15-19H2;3-4H2,1-2H3;2*1H;/q2*-1;;;;+2/p-2. The second-order valence-electron chi connectivity index (χ2n) is 25.4. The molecule has 6 aromatic rings. The Morgan fingerprint density at radius 2 is 0.833 bits per heavy atom. The first-order valence-electron chi connectivity index (χ1n) is 29.5. The van der Waals surface area contributed by atoms with Crippen LogP contribution in [0, 0.1) is 59.2 Å². The van der Waals surface area contributed by atoms with Gasteiger partial charge in [0, 0.05) is 0 Å². The smallest absolute Gasteiger partial charge is 0.0162 e. The minimum Gasteiger partial charge on any atom is -1.00 e. The molecule has 0 unspecified atom stereocenters. The number of hydrogen-bond donors (Lipinski definition) is 0. The minimum absolute atomic E-state index is 0. The van der Waals surface area contributed by atoms with E-state index in [1.54, 1.807) is 58.4 Å². The maximum atomic E-state index is 2.55. The molecule has 10 fully saturated rings. The molecule has 380 valence electrons. The zero-order valence-corrected chi connectivity index (χ0v) is 49.0. The van der Waals surface area contributed by atoms with E-state index in [0.29, 0.717) is 0 Å². The Morgan fingerprint density at radius 3 is 1.15 bits per heavy atom. The SMILES string of the molecule is CCC[Si](C)=[Zr+2].[Cl-].[Cl-].c1cc(-c2ccc(C3CCCCC3)cc2)c2cc(CC3C4CC5CC(C4)CC3C5)[cH-]c2c1.c1cc(-c2ccc(C3CCCCC3)cc2)c2cc(CC3C4CC5CC(C4)CC3C5)[cH-]c2c1. The summed E-state index contributed by atoms with van der Waals surface area (Å²) in [6.45, 7) is 4.66. The van der Waals surface area contributed by atoms with Gasteiger partial charge in [0.25, 0.3) is 0 Å². The average Bonchev–Trinajstić information content (AvgIpc) is 4.01. The number of fused-ring (bicyclic) bond motifs is 2. The topological polar surface area (TPSA) is 0 Å². The zero-order valence-electron chi connectivity index (χ0n) is 44.0. The third-order valence-electron chi connectivity index (χ3n) is 20.6. The van der Waals surface area contributed by atoms with Crippen LogP contribution in [0.15, 0.2) is 109 Å². The van der Waals surface area contributed by atoms with Crippen LogP contribution in [-0.4, -0.2) is 5.43 Å². The van der Waals surface area contributed by atoms with Crippen molar-refractivity contribution in [1.29, 1.82) is 0 Å². The van der Waals surface area contributed by atoms with Crippen LogP contribution in [0.4, 0.5) is 0 Å². The molecule has 10 saturated carbocycles. The fourth-order valence-corrected chi connectivity index (χ4v) is 20.3. The molecule has 0 amide bonds. The van der Waals surface area contributed by atoms with Crippen molar-refractivity contribution in [2.45, 2.75) is 179 Å². The van der Waals surface area contributed by atoms with Gasteiger partial charge in [-0.15, -0.1) is 69.1 Å². The van der Waals surface area contributed by atoms with Gasteiger partial charge >= 0.3 is 54.7 Å². The first-order chi connectivity index (χ1) is 34.4. The van der Waals surface area contributed by atoms with Crippen molar-refractivity contribution in [3.05, 3.63) is 131 Å². The van der Waals surface area contributed by atoms with Gasteiger partial charge < -0.3 is 24.8 Å². The van der Waals surface area contributed by atoms with Crippen LogP contribution in [0.5, 0.6) is 0 Å². The van der Waals surface area contributed by atoms with Crippen molar-refractivity contribution in [3.63, 3.8) is 0 Å². The predicted octanol–water partition coefficient (Wildman–Crippen LogP) is 13.3. The summed E-state index contributed by atoms with van der Waals surface area (Å²) in [6, 6.07) is 44.7. The Balaban J connectivity index is 0.000000145. The molecule has 0 atom stereocenters. The first kappa shape index (κ1) is 53.2. The van der Waals surface area contributed by atoms with E-state index in [0.717, 1.165) is 71.0 Å². The maximum absolute atomic E-state index is 2.55. The van der Waals surface area contributed by atoms with Gasteiger partial charge in [-0.2, -0.15) is 12.1 Å². The summed E-state index contributed by atoms with van der Waals surface area (Å²) < 4.78 is 0. The summed E-state index contributed by atoms with van der Waals surface area (Å²) in [7, 11) is 0. The molecule has 10 aliphatic carbocycles. The van der Waals surface area contributed by atoms with Crippen LogP contribution in [-0.2, 0) is 36.2 Å². The molecule has 6 aromatic carbocycles. The van der Waals surface area contributed by atoms with E-state index in [4.69, 9.17) is 0 Å². The van der Waals surface area contributed by atoms with E-state index in [2.05, 4.69) is 123 Å². The third-order valence-corrected chi connectivity index (χ3v) is 23.7. The van der Waals surface area contributed by atoms with E-state index in [9.17, 15) is 0 Å². The molecule has 10 aliphatic rings. The fraction of sp³-hybridized carbons (Fsp3) is 0.559. The monoisotopic (exact) mass is 1090 g/mol. The van der Waals surface area contributed by atoms with Crippen molar-refractivity contribution in [2.24, 2.45) is 59.2 Å². The molecular formula is C68H84Cl2SiZr-2. The number of hydrogen-bond acceptors (Lipinski definition) is 0. The van der Waals surface area contributed by atoms with Crippen molar-refractivity contribution < 1.29 is 48.1 Å². The van der Waals surface area contributed by atoms with E-state index >= 15 is 0 Å². The van der Waals surface area contributed by atoms with Gasteiger partial charge in [0.1, 0.15) is 0 Å². The second-order valence-corrected chi connectivity index (χ2v) is 33.7. The second kappa shape index (κ2) is 24.0. The van der Waals surface area contributed by atoms with Gasteiger partial charge in [0.05, 0.1) is 0 Å². The number of benzene rings is 4. The summed E-state index contributed by atoms with van der Waals surface area (Å²) in [5.41, 5.74) is 12.2. The van der Waals surface area contributed by atoms with E-state index in [1.807, 2.05) is 0 Å². The van der Waals surface area contributed by atoms with Gasteiger partial charge in [-0.3, -0.25) is 0 Å². The van der Waals surface area contributed by atoms with Crippen molar-refractivity contribution >= 4 is 27.0 Å². The molecule has 0 heterocycles. The minimum atomic E-state index is 0. The van der Waals surface area contributed by atoms with Crippen LogP contribution >= 0.6 is 0 Å². The largest absolute Gasteiger partial charge is 1.00 e. The Morgan fingerprint density at radius 1 is 0.472 bits per heavy atom. The molecule has 16 rings (SSSR count). The molecule has 0 N–H and O–H groups in total. The molecule has 4 heteroatoms. The van der Waals surface area contributed by atoms with Crippen LogP contribution in [0.25, 0.3) is 43.8 Å². The molecule has 0 aliphatic heterocycles. The molecular weight excluding hydrogens is 1010 g/mol. The molecule has 72 heavy (non-hydrogen) atoms. The predicted molar refractivity (Wildman–Crippen MR) is 297 cm³/mol. The molecule has 8 bridgehead atoms. The van der Waals surface area contributed by atoms with E-state index < -0.39 is 0 Å². The maximum Gasteiger partial charge on any atom is -0.0162 e. The summed E-state index contributed by atoms with van der Waals surface area (Å²) in [5.74, 6) is 11.9. The van der Waals surface area contributed by atoms with Gasteiger partial charge in [-0.1, -0.05) is 110 Å². The fourth-order valence-electron chi connectivity index (χ4n) is 17.7. The average molecular weight is 1090 g/mol. The molecule has 0 nitrogen and oxygen atoms in total. The third kappa shape index (κ3) is 11.7. The zero-order chi connectivity index (χ0) is 47.1. The van der Waals surface area contributed by atoms with Gasteiger partial charge in [0.2, 0.25) is 0 Å². The van der Waals surface area contributed by atoms with Crippen molar-refractivity contribution in [3.8, 4) is 22.3 Å². The first-order valence-corrected chi connectivity index (χ1v) is 35.4. The van der Waals surface area contributed by atoms with Crippen molar-refractivity contribution in [2.75, 3.05) is 0 Å². The molecule has 0 radical (unpaired) electrons. The Hall–Kier alpha value is -2.22. The van der Waals surface area contributed by atoms with Crippen LogP contribution in [0.2, 0.25) is 12.6 Å². The van der Waals surface area contributed by atoms with Gasteiger partial charge in [-0.25, -0.2) is 0 Å². The van der Waals surface area contributed by atoms with Crippen LogP contribution in [0.1, 0.15) is 176 Å². The normalized spacial score (nSPS) is 29.2. The summed E-state index contributed by atoms with van der Waals surface area (Å²) >= 11 is 1.79. The Labute approximate surface area is 463 Å². The van der Waals surface area contributed by atoms with Crippen molar-refractivity contribution in [1.82, 2.24) is 0 Å². The summed E-state index contributed by atoms with van der Waals surface area (Å²) in [6.07, 6.45) is 33.5. The molecule has 0 spiro atoms. The number of halogens is 2. The molecule has 0 aromatic heterocycles. The summed E-state index contributed by atoms with van der Waals surface area (Å²) in [5, 5.41) is 5.82. The quantitative estimate of drug-likeness (QED) is 0.0947. The summed E-state index contributed by atoms with van der Waals surface area (Å²) in [4.78, 5) is 0. The Bertz CT molecular complexity index is 2470. The number of rotatable bonds is 10. The Kier molecular flexibility index (Phi) is 17.7. The van der Waals surface area contributed by atoms with Gasteiger partial charge in [0.15, 0.2) is 0 Å². The van der Waals surface area contributed by atoms with Crippen LogP contribution in [0.3, 0.4) is 0 Å².